The molecule has 1 aromatic carbocycles. The molecule has 8 nitrogen and oxygen atoms in total. The number of aromatic amines is 1. The summed E-state index contributed by atoms with van der Waals surface area (Å²) in [6.45, 7) is 3.41. The summed E-state index contributed by atoms with van der Waals surface area (Å²) in [5, 5.41) is 10.9. The number of nitrogens with one attached hydrogen (secondary N) is 1. The fourth-order valence-corrected chi connectivity index (χ4v) is 5.23. The quantitative estimate of drug-likeness (QED) is 0.434. The highest BCUT2D eigenvalue weighted by atomic mass is 32.2. The molecular formula is C23H27N5O3S. The molecule has 1 amide bonds. The SMILES string of the molecule is CCOC(=O)C1CCN(C(=O)CSc2nnc(-c3c[nH]c4ccccc34)n2C2CC2)CC1. The van der Waals surface area contributed by atoms with Crippen molar-refractivity contribution in [2.45, 2.75) is 43.8 Å². The Balaban J connectivity index is 1.26. The minimum Gasteiger partial charge on any atom is -0.466 e. The Hall–Kier alpha value is -2.81. The van der Waals surface area contributed by atoms with Gasteiger partial charge in [-0.05, 0) is 38.7 Å². The van der Waals surface area contributed by atoms with Crippen molar-refractivity contribution in [2.75, 3.05) is 25.4 Å². The van der Waals surface area contributed by atoms with Crippen LogP contribution in [-0.4, -0.2) is 62.0 Å². The van der Waals surface area contributed by atoms with Crippen molar-refractivity contribution < 1.29 is 14.3 Å². The van der Waals surface area contributed by atoms with E-state index in [2.05, 4.69) is 31.9 Å². The molecule has 0 unspecified atom stereocenters. The number of hydrogen-bond donors (Lipinski definition) is 1. The van der Waals surface area contributed by atoms with Gasteiger partial charge in [0.15, 0.2) is 11.0 Å². The van der Waals surface area contributed by atoms with Crippen LogP contribution < -0.4 is 0 Å². The van der Waals surface area contributed by atoms with Gasteiger partial charge in [-0.15, -0.1) is 10.2 Å². The van der Waals surface area contributed by atoms with Gasteiger partial charge in [-0.1, -0.05) is 30.0 Å². The maximum absolute atomic E-state index is 12.8. The number of fused-ring (bicyclic) bond motifs is 1. The summed E-state index contributed by atoms with van der Waals surface area (Å²) >= 11 is 1.45. The summed E-state index contributed by atoms with van der Waals surface area (Å²) in [6, 6.07) is 8.57. The van der Waals surface area contributed by atoms with Crippen molar-refractivity contribution >= 4 is 34.5 Å². The van der Waals surface area contributed by atoms with Crippen LogP contribution in [-0.2, 0) is 14.3 Å². The third-order valence-corrected chi connectivity index (χ3v) is 7.13. The molecule has 5 rings (SSSR count). The van der Waals surface area contributed by atoms with Gasteiger partial charge in [0.25, 0.3) is 0 Å². The molecule has 168 valence electrons. The lowest BCUT2D eigenvalue weighted by Crippen LogP contribution is -2.41. The fraction of sp³-hybridized carbons (Fsp3) is 0.478. The molecule has 2 aliphatic rings. The number of hydrogen-bond acceptors (Lipinski definition) is 6. The van der Waals surface area contributed by atoms with Crippen molar-refractivity contribution in [1.29, 1.82) is 0 Å². The molecule has 32 heavy (non-hydrogen) atoms. The number of likely N-dealkylation sites (tertiary alicyclic amines) is 1. The van der Waals surface area contributed by atoms with Crippen molar-refractivity contribution in [1.82, 2.24) is 24.6 Å². The van der Waals surface area contributed by atoms with Crippen molar-refractivity contribution in [3.63, 3.8) is 0 Å². The Morgan fingerprint density at radius 2 is 1.94 bits per heavy atom. The van der Waals surface area contributed by atoms with Crippen LogP contribution >= 0.6 is 11.8 Å². The Kier molecular flexibility index (Phi) is 5.91. The Labute approximate surface area is 190 Å². The van der Waals surface area contributed by atoms with Crippen molar-refractivity contribution in [3.05, 3.63) is 30.5 Å². The van der Waals surface area contributed by atoms with Gasteiger partial charge < -0.3 is 14.6 Å². The maximum atomic E-state index is 12.8. The average molecular weight is 454 g/mol. The van der Waals surface area contributed by atoms with Crippen LogP contribution in [0.3, 0.4) is 0 Å². The Morgan fingerprint density at radius 3 is 2.69 bits per heavy atom. The molecule has 3 heterocycles. The van der Waals surface area contributed by atoms with Crippen LogP contribution in [0.4, 0.5) is 0 Å². The second-order valence-corrected chi connectivity index (χ2v) is 9.29. The van der Waals surface area contributed by atoms with E-state index in [-0.39, 0.29) is 17.8 Å². The van der Waals surface area contributed by atoms with E-state index < -0.39 is 0 Å². The van der Waals surface area contributed by atoms with Crippen LogP contribution in [0.2, 0.25) is 0 Å². The number of piperidine rings is 1. The lowest BCUT2D eigenvalue weighted by molar-refractivity contribution is -0.151. The normalized spacial score (nSPS) is 17.1. The van der Waals surface area contributed by atoms with Crippen LogP contribution in [0.25, 0.3) is 22.3 Å². The number of esters is 1. The van der Waals surface area contributed by atoms with Crippen LogP contribution in [0.5, 0.6) is 0 Å². The Morgan fingerprint density at radius 1 is 1.16 bits per heavy atom. The third kappa shape index (κ3) is 4.13. The van der Waals surface area contributed by atoms with E-state index in [1.54, 1.807) is 0 Å². The summed E-state index contributed by atoms with van der Waals surface area (Å²) in [5.41, 5.74) is 2.11. The van der Waals surface area contributed by atoms with Gasteiger partial charge in [-0.25, -0.2) is 0 Å². The molecule has 0 spiro atoms. The molecule has 0 atom stereocenters. The van der Waals surface area contributed by atoms with Gasteiger partial charge in [0.05, 0.1) is 18.3 Å². The first-order chi connectivity index (χ1) is 15.7. The molecule has 2 fully saturated rings. The molecule has 0 radical (unpaired) electrons. The van der Waals surface area contributed by atoms with Crippen molar-refractivity contribution in [3.8, 4) is 11.4 Å². The topological polar surface area (TPSA) is 93.1 Å². The summed E-state index contributed by atoms with van der Waals surface area (Å²) < 4.78 is 7.31. The van der Waals surface area contributed by atoms with Gasteiger partial charge in [0.1, 0.15) is 0 Å². The number of ether oxygens (including phenoxy) is 1. The number of rotatable bonds is 7. The lowest BCUT2D eigenvalue weighted by Gasteiger charge is -2.30. The molecule has 1 aliphatic carbocycles. The Bertz CT molecular complexity index is 1130. The zero-order valence-corrected chi connectivity index (χ0v) is 18.9. The highest BCUT2D eigenvalue weighted by Crippen LogP contribution is 2.42. The van der Waals surface area contributed by atoms with E-state index in [9.17, 15) is 9.59 Å². The highest BCUT2D eigenvalue weighted by Gasteiger charge is 2.32. The van der Waals surface area contributed by atoms with Crippen LogP contribution in [0.1, 0.15) is 38.6 Å². The lowest BCUT2D eigenvalue weighted by atomic mass is 9.97. The van der Waals surface area contributed by atoms with Gasteiger partial charge >= 0.3 is 5.97 Å². The highest BCUT2D eigenvalue weighted by molar-refractivity contribution is 7.99. The number of carbonyl (C=O) groups excluding carboxylic acids is 2. The molecule has 1 N–H and O–H groups in total. The summed E-state index contributed by atoms with van der Waals surface area (Å²) in [5.74, 6) is 1.02. The van der Waals surface area contributed by atoms with Crippen molar-refractivity contribution in [2.24, 2.45) is 5.92 Å². The smallest absolute Gasteiger partial charge is 0.309 e. The summed E-state index contributed by atoms with van der Waals surface area (Å²) in [6.07, 6.45) is 5.53. The molecular weight excluding hydrogens is 426 g/mol. The van der Waals surface area contributed by atoms with E-state index in [0.717, 1.165) is 40.3 Å². The van der Waals surface area contributed by atoms with Crippen LogP contribution in [0, 0.1) is 5.92 Å². The maximum Gasteiger partial charge on any atom is 0.309 e. The standard InChI is InChI=1S/C23H27N5O3S/c1-2-31-22(30)15-9-11-27(12-10-15)20(29)14-32-23-26-25-21(28(23)16-7-8-16)18-13-24-19-6-4-3-5-17(18)19/h3-6,13,15-16,24H,2,7-12,14H2,1H3. The summed E-state index contributed by atoms with van der Waals surface area (Å²) in [7, 11) is 0. The summed E-state index contributed by atoms with van der Waals surface area (Å²) in [4.78, 5) is 29.9. The number of nitrogens with zero attached hydrogens (tertiary/aromatic N) is 4. The number of carbonyl (C=O) groups is 2. The van der Waals surface area contributed by atoms with E-state index in [1.807, 2.05) is 30.2 Å². The predicted molar refractivity (Wildman–Crippen MR) is 122 cm³/mol. The number of thioether (sulfide) groups is 1. The number of para-hydroxylation sites is 1. The first-order valence-electron chi connectivity index (χ1n) is 11.2. The number of amides is 1. The average Bonchev–Trinajstić information content (AvgIpc) is 3.43. The number of H-pyrrole nitrogens is 1. The molecule has 0 bridgehead atoms. The molecule has 3 aromatic rings. The molecule has 9 heteroatoms. The van der Waals surface area contributed by atoms with Gasteiger partial charge in [-0.3, -0.25) is 14.2 Å². The number of benzene rings is 1. The van der Waals surface area contributed by atoms with E-state index in [0.29, 0.717) is 44.3 Å². The minimum absolute atomic E-state index is 0.0799. The van der Waals surface area contributed by atoms with Crippen LogP contribution in [0.15, 0.2) is 35.6 Å². The zero-order chi connectivity index (χ0) is 22.1. The first-order valence-corrected chi connectivity index (χ1v) is 12.2. The fourth-order valence-electron chi connectivity index (χ4n) is 4.32. The second kappa shape index (κ2) is 8.97. The monoisotopic (exact) mass is 453 g/mol. The third-order valence-electron chi connectivity index (χ3n) is 6.20. The molecule has 2 aromatic heterocycles. The minimum atomic E-state index is -0.142. The van der Waals surface area contributed by atoms with Gasteiger partial charge in [0.2, 0.25) is 5.91 Å². The number of aromatic nitrogens is 4. The zero-order valence-electron chi connectivity index (χ0n) is 18.1. The molecule has 1 saturated carbocycles. The van der Waals surface area contributed by atoms with E-state index in [1.165, 1.54) is 11.8 Å². The molecule has 1 aliphatic heterocycles. The second-order valence-electron chi connectivity index (χ2n) is 8.35. The van der Waals surface area contributed by atoms with Gasteiger partial charge in [-0.2, -0.15) is 0 Å². The largest absolute Gasteiger partial charge is 0.466 e. The first kappa shape index (κ1) is 21.1. The van der Waals surface area contributed by atoms with E-state index in [4.69, 9.17) is 4.74 Å². The van der Waals surface area contributed by atoms with Gasteiger partial charge in [0, 0.05) is 41.8 Å². The molecule has 1 saturated heterocycles. The van der Waals surface area contributed by atoms with E-state index >= 15 is 0 Å². The predicted octanol–water partition coefficient (Wildman–Crippen LogP) is 3.66.